The smallest absolute Gasteiger partial charge is 0.248 e. The Balaban J connectivity index is 1.66. The van der Waals surface area contributed by atoms with Gasteiger partial charge in [0.15, 0.2) is 0 Å². The average Bonchev–Trinajstić information content (AvgIpc) is 3.36. The highest BCUT2D eigenvalue weighted by atomic mass is 35.5. The number of rotatable bonds is 3. The Morgan fingerprint density at radius 1 is 1.03 bits per heavy atom. The molecule has 1 fully saturated rings. The first-order valence-electron chi connectivity index (χ1n) is 9.74. The second-order valence-electron chi connectivity index (χ2n) is 7.68. The number of halogens is 4. The maximum Gasteiger partial charge on any atom is 0.248 e. The lowest BCUT2D eigenvalue weighted by molar-refractivity contribution is -0.0438. The van der Waals surface area contributed by atoms with Crippen LogP contribution in [-0.2, 0) is 0 Å². The molecule has 1 aliphatic carbocycles. The topological polar surface area (TPSA) is 35.1 Å². The third kappa shape index (κ3) is 3.37. The van der Waals surface area contributed by atoms with Gasteiger partial charge in [0.25, 0.3) is 0 Å². The third-order valence-corrected chi connectivity index (χ3v) is 6.02. The minimum atomic E-state index is -2.61. The Labute approximate surface area is 176 Å². The SMILES string of the molecule is Fc1ccc(-c2ncn(C3CCC(F)(F)CC3)c2-c2ccc3nccn3c2)cc1Cl. The van der Waals surface area contributed by atoms with Gasteiger partial charge < -0.3 is 8.97 Å². The fourth-order valence-corrected chi connectivity index (χ4v) is 4.32. The fourth-order valence-electron chi connectivity index (χ4n) is 4.14. The summed E-state index contributed by atoms with van der Waals surface area (Å²) in [4.78, 5) is 8.85. The van der Waals surface area contributed by atoms with Crippen molar-refractivity contribution in [2.24, 2.45) is 0 Å². The summed E-state index contributed by atoms with van der Waals surface area (Å²) in [6.45, 7) is 0. The van der Waals surface area contributed by atoms with E-state index >= 15 is 0 Å². The molecule has 154 valence electrons. The van der Waals surface area contributed by atoms with E-state index in [4.69, 9.17) is 11.6 Å². The normalized spacial score (nSPS) is 16.9. The monoisotopic (exact) mass is 430 g/mol. The molecule has 30 heavy (non-hydrogen) atoms. The molecule has 0 spiro atoms. The summed E-state index contributed by atoms with van der Waals surface area (Å²) >= 11 is 6.01. The molecule has 8 heteroatoms. The molecular weight excluding hydrogens is 413 g/mol. The number of aromatic nitrogens is 4. The van der Waals surface area contributed by atoms with Crippen LogP contribution in [0.25, 0.3) is 28.2 Å². The lowest BCUT2D eigenvalue weighted by atomic mass is 9.91. The molecule has 0 radical (unpaired) electrons. The van der Waals surface area contributed by atoms with Crippen molar-refractivity contribution in [2.45, 2.75) is 37.6 Å². The molecule has 0 bridgehead atoms. The number of imidazole rings is 2. The van der Waals surface area contributed by atoms with E-state index in [-0.39, 0.29) is 23.9 Å². The molecular formula is C22H18ClF3N4. The van der Waals surface area contributed by atoms with Crippen LogP contribution in [0.15, 0.2) is 55.2 Å². The van der Waals surface area contributed by atoms with E-state index in [2.05, 4.69) is 9.97 Å². The largest absolute Gasteiger partial charge is 0.327 e. The summed E-state index contributed by atoms with van der Waals surface area (Å²) < 4.78 is 45.0. The number of pyridine rings is 1. The Morgan fingerprint density at radius 2 is 1.80 bits per heavy atom. The molecule has 3 aromatic heterocycles. The maximum atomic E-state index is 13.7. The maximum absolute atomic E-state index is 13.7. The summed E-state index contributed by atoms with van der Waals surface area (Å²) in [5.41, 5.74) is 3.76. The second kappa shape index (κ2) is 7.16. The molecule has 0 N–H and O–H groups in total. The van der Waals surface area contributed by atoms with Crippen molar-refractivity contribution in [1.29, 1.82) is 0 Å². The Morgan fingerprint density at radius 3 is 2.57 bits per heavy atom. The summed E-state index contributed by atoms with van der Waals surface area (Å²) in [6.07, 6.45) is 7.62. The first-order valence-corrected chi connectivity index (χ1v) is 10.1. The van der Waals surface area contributed by atoms with Gasteiger partial charge in [0.2, 0.25) is 5.92 Å². The molecule has 1 aliphatic rings. The van der Waals surface area contributed by atoms with E-state index in [1.54, 1.807) is 18.6 Å². The molecule has 3 heterocycles. The van der Waals surface area contributed by atoms with Crippen molar-refractivity contribution in [3.8, 4) is 22.5 Å². The van der Waals surface area contributed by atoms with Crippen LogP contribution in [0.3, 0.4) is 0 Å². The number of nitrogens with zero attached hydrogens (tertiary/aromatic N) is 4. The van der Waals surface area contributed by atoms with E-state index in [1.165, 1.54) is 12.1 Å². The molecule has 0 amide bonds. The zero-order chi connectivity index (χ0) is 20.9. The highest BCUT2D eigenvalue weighted by Gasteiger charge is 2.36. The van der Waals surface area contributed by atoms with Crippen molar-refractivity contribution in [3.05, 3.63) is 66.1 Å². The molecule has 0 aliphatic heterocycles. The molecule has 0 unspecified atom stereocenters. The van der Waals surface area contributed by atoms with Gasteiger partial charge in [-0.15, -0.1) is 0 Å². The standard InChI is InChI=1S/C22H18ClF3N4/c23-17-11-14(1-3-18(17)24)20-21(15-2-4-19-27-9-10-29(19)12-15)30(13-28-20)16-5-7-22(25,26)8-6-16/h1-4,9-13,16H,5-8H2. The minimum absolute atomic E-state index is 0.00960. The van der Waals surface area contributed by atoms with Gasteiger partial charge in [0.05, 0.1) is 22.7 Å². The zero-order valence-electron chi connectivity index (χ0n) is 15.9. The number of benzene rings is 1. The summed E-state index contributed by atoms with van der Waals surface area (Å²) in [5.74, 6) is -3.11. The molecule has 0 saturated heterocycles. The van der Waals surface area contributed by atoms with Crippen molar-refractivity contribution >= 4 is 17.2 Å². The lowest BCUT2D eigenvalue weighted by Gasteiger charge is -2.30. The molecule has 4 aromatic rings. The minimum Gasteiger partial charge on any atom is -0.327 e. The van der Waals surface area contributed by atoms with Crippen LogP contribution in [-0.4, -0.2) is 24.9 Å². The second-order valence-corrected chi connectivity index (χ2v) is 8.08. The van der Waals surface area contributed by atoms with Crippen molar-refractivity contribution in [3.63, 3.8) is 0 Å². The van der Waals surface area contributed by atoms with Gasteiger partial charge in [0.1, 0.15) is 11.5 Å². The van der Waals surface area contributed by atoms with Gasteiger partial charge >= 0.3 is 0 Å². The van der Waals surface area contributed by atoms with Gasteiger partial charge in [-0.25, -0.2) is 23.1 Å². The van der Waals surface area contributed by atoms with Crippen LogP contribution < -0.4 is 0 Å². The van der Waals surface area contributed by atoms with Crippen LogP contribution in [0.5, 0.6) is 0 Å². The summed E-state index contributed by atoms with van der Waals surface area (Å²) in [5, 5.41) is 0.00960. The average molecular weight is 431 g/mol. The van der Waals surface area contributed by atoms with E-state index in [1.807, 2.05) is 33.5 Å². The number of fused-ring (bicyclic) bond motifs is 1. The first-order chi connectivity index (χ1) is 14.4. The number of alkyl halides is 2. The van der Waals surface area contributed by atoms with Crippen LogP contribution in [0.1, 0.15) is 31.7 Å². The number of hydrogen-bond donors (Lipinski definition) is 0. The predicted molar refractivity (Wildman–Crippen MR) is 109 cm³/mol. The van der Waals surface area contributed by atoms with E-state index in [9.17, 15) is 13.2 Å². The van der Waals surface area contributed by atoms with Crippen LogP contribution in [0, 0.1) is 5.82 Å². The molecule has 1 saturated carbocycles. The Hall–Kier alpha value is -2.80. The van der Waals surface area contributed by atoms with Crippen LogP contribution >= 0.6 is 11.6 Å². The van der Waals surface area contributed by atoms with Gasteiger partial charge in [-0.05, 0) is 43.2 Å². The van der Waals surface area contributed by atoms with Crippen molar-refractivity contribution in [2.75, 3.05) is 0 Å². The summed E-state index contributed by atoms with van der Waals surface area (Å²) in [6, 6.07) is 8.21. The predicted octanol–water partition coefficient (Wildman–Crippen LogP) is 6.41. The van der Waals surface area contributed by atoms with Gasteiger partial charge in [-0.1, -0.05) is 11.6 Å². The first kappa shape index (κ1) is 19.2. The molecule has 4 nitrogen and oxygen atoms in total. The zero-order valence-corrected chi connectivity index (χ0v) is 16.7. The summed E-state index contributed by atoms with van der Waals surface area (Å²) in [7, 11) is 0. The van der Waals surface area contributed by atoms with Crippen LogP contribution in [0.4, 0.5) is 13.2 Å². The van der Waals surface area contributed by atoms with Crippen molar-refractivity contribution < 1.29 is 13.2 Å². The van der Waals surface area contributed by atoms with E-state index in [0.29, 0.717) is 24.1 Å². The van der Waals surface area contributed by atoms with Gasteiger partial charge in [-0.2, -0.15) is 0 Å². The van der Waals surface area contributed by atoms with E-state index in [0.717, 1.165) is 16.9 Å². The Bertz CT molecular complexity index is 1220. The quantitative estimate of drug-likeness (QED) is 0.376. The van der Waals surface area contributed by atoms with Crippen molar-refractivity contribution in [1.82, 2.24) is 18.9 Å². The lowest BCUT2D eigenvalue weighted by Crippen LogP contribution is -2.26. The fraction of sp³-hybridized carbons (Fsp3) is 0.273. The molecule has 0 atom stereocenters. The highest BCUT2D eigenvalue weighted by molar-refractivity contribution is 6.31. The molecule has 1 aromatic carbocycles. The highest BCUT2D eigenvalue weighted by Crippen LogP contribution is 2.42. The van der Waals surface area contributed by atoms with E-state index < -0.39 is 11.7 Å². The Kier molecular flexibility index (Phi) is 4.58. The number of hydrogen-bond acceptors (Lipinski definition) is 2. The van der Waals surface area contributed by atoms with Gasteiger partial charge in [0, 0.05) is 48.6 Å². The van der Waals surface area contributed by atoms with Gasteiger partial charge in [-0.3, -0.25) is 0 Å². The van der Waals surface area contributed by atoms with Crippen LogP contribution in [0.2, 0.25) is 5.02 Å². The molecule has 5 rings (SSSR count). The third-order valence-electron chi connectivity index (χ3n) is 5.73.